The first kappa shape index (κ1) is 19.4. The van der Waals surface area contributed by atoms with E-state index >= 15 is 0 Å². The maximum Gasteiger partial charge on any atom is 0.469 e. The summed E-state index contributed by atoms with van der Waals surface area (Å²) in [5.74, 6) is 0. The van der Waals surface area contributed by atoms with Crippen LogP contribution in [0, 0.1) is 0 Å². The van der Waals surface area contributed by atoms with Crippen LogP contribution >= 0.6 is 7.82 Å². The molecule has 0 bridgehead atoms. The molecule has 4 N–H and O–H groups in total. The van der Waals surface area contributed by atoms with Gasteiger partial charge in [-0.25, -0.2) is 9.13 Å². The lowest BCUT2D eigenvalue weighted by Gasteiger charge is -2.14. The number of aromatic nitrogens is 3. The average molecular weight is 414 g/mol. The Bertz CT molecular complexity index is 989. The molecule has 1 fully saturated rings. The summed E-state index contributed by atoms with van der Waals surface area (Å²) >= 11 is 0. The number of imidazole rings is 1. The van der Waals surface area contributed by atoms with Crippen molar-refractivity contribution < 1.29 is 38.4 Å². The molecule has 2 aliphatic rings. The van der Waals surface area contributed by atoms with Crippen LogP contribution < -0.4 is 9.58 Å². The normalized spacial score (nSPS) is 27.9. The summed E-state index contributed by atoms with van der Waals surface area (Å²) in [6, 6.07) is 1.82. The summed E-state index contributed by atoms with van der Waals surface area (Å²) < 4.78 is 24.5. The number of nitrogens with zero attached hydrogens (tertiary/aromatic N) is 5. The number of phosphoric acid groups is 1. The summed E-state index contributed by atoms with van der Waals surface area (Å²) in [6.07, 6.45) is -1.52. The zero-order chi connectivity index (χ0) is 20.2. The molecule has 4 rings (SSSR count). The maximum atomic E-state index is 10.9. The Morgan fingerprint density at radius 1 is 1.39 bits per heavy atom. The predicted molar refractivity (Wildman–Crippen MR) is 95.4 cm³/mol. The van der Waals surface area contributed by atoms with Gasteiger partial charge in [-0.05, 0) is 6.92 Å². The zero-order valence-electron chi connectivity index (χ0n) is 15.2. The highest BCUT2D eigenvalue weighted by Gasteiger charge is 2.47. The Morgan fingerprint density at radius 2 is 2.14 bits per heavy atom. The van der Waals surface area contributed by atoms with E-state index < -0.39 is 39.0 Å². The predicted octanol–water partition coefficient (Wildman–Crippen LogP) is -1.12. The molecule has 0 unspecified atom stereocenters. The zero-order valence-corrected chi connectivity index (χ0v) is 16.0. The SMILES string of the molecule is CC1=NN(C)c2ccnc3c2n(c[n+]3[C@@H]2O[C@H](COP(=O)(O)O)[C@@H](O)[C@H]2O)C1. The number of phosphoric ester groups is 1. The van der Waals surface area contributed by atoms with Crippen LogP contribution in [0.3, 0.4) is 0 Å². The van der Waals surface area contributed by atoms with Crippen LogP contribution in [-0.2, 0) is 20.4 Å². The van der Waals surface area contributed by atoms with Gasteiger partial charge >= 0.3 is 13.5 Å². The lowest BCUT2D eigenvalue weighted by atomic mass is 10.1. The molecular weight excluding hydrogens is 393 g/mol. The monoisotopic (exact) mass is 414 g/mol. The Labute approximate surface area is 159 Å². The Morgan fingerprint density at radius 3 is 2.86 bits per heavy atom. The third-order valence-corrected chi connectivity index (χ3v) is 5.25. The minimum absolute atomic E-state index is 0.503. The van der Waals surface area contributed by atoms with Gasteiger partial charge in [0, 0.05) is 13.1 Å². The summed E-state index contributed by atoms with van der Waals surface area (Å²) in [5, 5.41) is 26.9. The van der Waals surface area contributed by atoms with Gasteiger partial charge in [0.05, 0.1) is 12.3 Å². The molecule has 1 saturated heterocycles. The number of hydrogen-bond donors (Lipinski definition) is 4. The summed E-state index contributed by atoms with van der Waals surface area (Å²) in [7, 11) is -2.90. The fourth-order valence-corrected chi connectivity index (χ4v) is 3.92. The van der Waals surface area contributed by atoms with E-state index in [9.17, 15) is 14.8 Å². The van der Waals surface area contributed by atoms with Gasteiger partial charge < -0.3 is 24.7 Å². The second kappa shape index (κ2) is 6.85. The summed E-state index contributed by atoms with van der Waals surface area (Å²) in [6.45, 7) is 1.83. The molecule has 0 saturated carbocycles. The highest BCUT2D eigenvalue weighted by molar-refractivity contribution is 7.46. The molecule has 4 heterocycles. The minimum Gasteiger partial charge on any atom is -0.387 e. The molecular formula is C15H21N5O7P+. The number of ether oxygens (including phenoxy) is 1. The molecule has 0 aliphatic carbocycles. The van der Waals surface area contributed by atoms with Crippen molar-refractivity contribution in [2.75, 3.05) is 18.7 Å². The number of aliphatic hydroxyl groups is 2. The highest BCUT2D eigenvalue weighted by atomic mass is 31.2. The molecule has 2 aromatic rings. The molecule has 4 atom stereocenters. The molecule has 152 valence electrons. The third-order valence-electron chi connectivity index (χ3n) is 4.77. The number of hydrogen-bond acceptors (Lipinski definition) is 8. The smallest absolute Gasteiger partial charge is 0.387 e. The second-order valence-corrected chi connectivity index (χ2v) is 8.08. The van der Waals surface area contributed by atoms with Crippen molar-refractivity contribution in [3.63, 3.8) is 0 Å². The van der Waals surface area contributed by atoms with Crippen LogP contribution in [0.1, 0.15) is 13.2 Å². The first-order valence-electron chi connectivity index (χ1n) is 8.54. The van der Waals surface area contributed by atoms with E-state index in [4.69, 9.17) is 14.5 Å². The fraction of sp³-hybridized carbons (Fsp3) is 0.533. The second-order valence-electron chi connectivity index (χ2n) is 6.84. The fourth-order valence-electron chi connectivity index (χ4n) is 3.58. The van der Waals surface area contributed by atoms with Crippen LogP contribution in [0.2, 0.25) is 0 Å². The molecule has 0 radical (unpaired) electrons. The van der Waals surface area contributed by atoms with E-state index in [-0.39, 0.29) is 0 Å². The van der Waals surface area contributed by atoms with Gasteiger partial charge in [-0.3, -0.25) is 14.1 Å². The van der Waals surface area contributed by atoms with Crippen LogP contribution in [0.25, 0.3) is 11.2 Å². The van der Waals surface area contributed by atoms with Crippen molar-refractivity contribution in [3.8, 4) is 0 Å². The quantitative estimate of drug-likeness (QED) is 0.360. The Kier molecular flexibility index (Phi) is 4.74. The van der Waals surface area contributed by atoms with Crippen molar-refractivity contribution in [3.05, 3.63) is 18.6 Å². The number of anilines is 1. The van der Waals surface area contributed by atoms with Gasteiger partial charge in [-0.2, -0.15) is 5.10 Å². The summed E-state index contributed by atoms with van der Waals surface area (Å²) in [4.78, 5) is 22.1. The van der Waals surface area contributed by atoms with Gasteiger partial charge in [0.25, 0.3) is 0 Å². The maximum absolute atomic E-state index is 10.9. The molecule has 13 heteroatoms. The topological polar surface area (TPSA) is 154 Å². The van der Waals surface area contributed by atoms with Crippen LogP contribution in [0.4, 0.5) is 5.69 Å². The third kappa shape index (κ3) is 3.33. The molecule has 0 amide bonds. The van der Waals surface area contributed by atoms with Crippen molar-refractivity contribution in [2.24, 2.45) is 5.10 Å². The average Bonchev–Trinajstić information content (AvgIpc) is 3.06. The number of rotatable bonds is 4. The summed E-state index contributed by atoms with van der Waals surface area (Å²) in [5.41, 5.74) is 2.98. The van der Waals surface area contributed by atoms with E-state index in [0.29, 0.717) is 12.2 Å². The molecule has 2 aromatic heterocycles. The van der Waals surface area contributed by atoms with E-state index in [1.165, 1.54) is 0 Å². The van der Waals surface area contributed by atoms with Gasteiger partial charge in [0.1, 0.15) is 36.7 Å². The molecule has 12 nitrogen and oxygen atoms in total. The number of aliphatic hydroxyl groups excluding tert-OH is 2. The standard InChI is InChI=1S/C15H20N5O7P/c1-8-5-19-7-20(14-11(19)9(3-4-16-14)18(2)17-8)15-13(22)12(21)10(27-15)6-26-28(23,24)25/h3-4,7,10,12-13,15,21-22H,5-6H2,1-2H3,(H-,23,24,25)/p+1/t10-,12-,13-,15-/m1/s1. The van der Waals surface area contributed by atoms with E-state index in [0.717, 1.165) is 16.9 Å². The van der Waals surface area contributed by atoms with Crippen molar-refractivity contribution in [1.82, 2.24) is 9.55 Å². The lowest BCUT2D eigenvalue weighted by Crippen LogP contribution is -2.46. The van der Waals surface area contributed by atoms with E-state index in [1.54, 1.807) is 22.1 Å². The largest absolute Gasteiger partial charge is 0.469 e. The Hall–Kier alpha value is -1.92. The number of pyridine rings is 1. The van der Waals surface area contributed by atoms with Crippen molar-refractivity contribution >= 4 is 30.4 Å². The first-order chi connectivity index (χ1) is 13.2. The van der Waals surface area contributed by atoms with Gasteiger partial charge in [-0.1, -0.05) is 0 Å². The molecule has 0 spiro atoms. The van der Waals surface area contributed by atoms with Crippen LogP contribution in [-0.4, -0.2) is 67.2 Å². The van der Waals surface area contributed by atoms with E-state index in [1.807, 2.05) is 24.6 Å². The van der Waals surface area contributed by atoms with Crippen molar-refractivity contribution in [2.45, 2.75) is 38.0 Å². The van der Waals surface area contributed by atoms with E-state index in [2.05, 4.69) is 14.6 Å². The van der Waals surface area contributed by atoms with Crippen LogP contribution in [0.15, 0.2) is 23.7 Å². The Balaban J connectivity index is 1.71. The highest BCUT2D eigenvalue weighted by Crippen LogP contribution is 2.38. The van der Waals surface area contributed by atoms with Crippen LogP contribution in [0.5, 0.6) is 0 Å². The van der Waals surface area contributed by atoms with Crippen molar-refractivity contribution in [1.29, 1.82) is 0 Å². The van der Waals surface area contributed by atoms with Gasteiger partial charge in [0.15, 0.2) is 6.33 Å². The minimum atomic E-state index is -4.73. The molecule has 28 heavy (non-hydrogen) atoms. The lowest BCUT2D eigenvalue weighted by molar-refractivity contribution is -0.745. The number of hydrazone groups is 1. The first-order valence-corrected chi connectivity index (χ1v) is 10.1. The van der Waals surface area contributed by atoms with Gasteiger partial charge in [-0.15, -0.1) is 4.98 Å². The molecule has 2 aliphatic heterocycles. The van der Waals surface area contributed by atoms with Gasteiger partial charge in [0.2, 0.25) is 11.7 Å². The molecule has 0 aromatic carbocycles.